The van der Waals surface area contributed by atoms with Crippen molar-refractivity contribution >= 4 is 43.2 Å². The smallest absolute Gasteiger partial charge is 0.162 e. The molecule has 1 N–H and O–H groups in total. The van der Waals surface area contributed by atoms with Crippen molar-refractivity contribution in [3.63, 3.8) is 0 Å². The molecule has 2 rings (SSSR count). The molecule has 0 saturated heterocycles. The second-order valence-corrected chi connectivity index (χ2v) is 5.52. The van der Waals surface area contributed by atoms with Gasteiger partial charge < -0.3 is 10.1 Å². The van der Waals surface area contributed by atoms with E-state index < -0.39 is 5.82 Å². The molecule has 0 aliphatic carbocycles. The van der Waals surface area contributed by atoms with Crippen LogP contribution in [0.5, 0.6) is 5.75 Å². The maximum atomic E-state index is 14.1. The molecule has 2 aromatic carbocycles. The number of halogens is 3. The Morgan fingerprint density at radius 3 is 2.65 bits per heavy atom. The number of hydrogen-bond donors (Lipinski definition) is 1. The van der Waals surface area contributed by atoms with Gasteiger partial charge in [0, 0.05) is 11.8 Å². The third kappa shape index (κ3) is 2.94. The molecule has 20 heavy (non-hydrogen) atoms. The number of rotatable bonds is 3. The number of benzene rings is 2. The predicted molar refractivity (Wildman–Crippen MR) is 82.8 cm³/mol. The van der Waals surface area contributed by atoms with Crippen molar-refractivity contribution in [1.29, 1.82) is 5.26 Å². The van der Waals surface area contributed by atoms with Gasteiger partial charge >= 0.3 is 0 Å². The Balaban J connectivity index is 2.36. The number of ether oxygens (including phenoxy) is 1. The summed E-state index contributed by atoms with van der Waals surface area (Å²) in [5.41, 5.74) is 1.21. The zero-order valence-corrected chi connectivity index (χ0v) is 13.5. The molecule has 0 fully saturated rings. The van der Waals surface area contributed by atoms with Gasteiger partial charge in [-0.15, -0.1) is 0 Å². The van der Waals surface area contributed by atoms with E-state index in [1.807, 2.05) is 6.07 Å². The number of nitriles is 1. The van der Waals surface area contributed by atoms with E-state index in [9.17, 15) is 4.39 Å². The Morgan fingerprint density at radius 1 is 1.25 bits per heavy atom. The fourth-order valence-corrected chi connectivity index (χ4v) is 2.47. The summed E-state index contributed by atoms with van der Waals surface area (Å²) in [6, 6.07) is 10.3. The first kappa shape index (κ1) is 14.8. The van der Waals surface area contributed by atoms with Crippen molar-refractivity contribution in [2.24, 2.45) is 0 Å². The van der Waals surface area contributed by atoms with E-state index in [1.165, 1.54) is 6.07 Å². The maximum Gasteiger partial charge on any atom is 0.162 e. The third-order valence-corrected chi connectivity index (χ3v) is 4.06. The molecule has 3 nitrogen and oxygen atoms in total. The molecule has 0 spiro atoms. The van der Waals surface area contributed by atoms with Crippen molar-refractivity contribution in [1.82, 2.24) is 0 Å². The largest absolute Gasteiger partial charge is 0.495 e. The number of hydrogen-bond acceptors (Lipinski definition) is 3. The molecule has 0 radical (unpaired) electrons. The standard InChI is InChI=1S/C14H9Br2FN2O/c1-20-12-6-9(3-4-10(12)15)19-11-5-2-8(7-18)13(16)14(11)17/h2-6,19H,1H3. The van der Waals surface area contributed by atoms with Gasteiger partial charge in [0.25, 0.3) is 0 Å². The summed E-state index contributed by atoms with van der Waals surface area (Å²) >= 11 is 6.43. The van der Waals surface area contributed by atoms with Crippen molar-refractivity contribution in [2.75, 3.05) is 12.4 Å². The molecule has 2 aromatic rings. The Kier molecular flexibility index (Phi) is 4.63. The lowest BCUT2D eigenvalue weighted by atomic mass is 10.2. The van der Waals surface area contributed by atoms with Gasteiger partial charge in [0.1, 0.15) is 11.8 Å². The molecule has 0 heterocycles. The lowest BCUT2D eigenvalue weighted by Crippen LogP contribution is -1.97. The van der Waals surface area contributed by atoms with Gasteiger partial charge in [-0.05, 0) is 56.1 Å². The summed E-state index contributed by atoms with van der Waals surface area (Å²) in [7, 11) is 1.56. The van der Waals surface area contributed by atoms with Crippen LogP contribution < -0.4 is 10.1 Å². The molecule has 0 bridgehead atoms. The van der Waals surface area contributed by atoms with Crippen molar-refractivity contribution < 1.29 is 9.13 Å². The highest BCUT2D eigenvalue weighted by molar-refractivity contribution is 9.10. The van der Waals surface area contributed by atoms with Crippen LogP contribution in [0, 0.1) is 17.1 Å². The highest BCUT2D eigenvalue weighted by Gasteiger charge is 2.11. The molecule has 0 unspecified atom stereocenters. The van der Waals surface area contributed by atoms with Gasteiger partial charge in [-0.3, -0.25) is 0 Å². The van der Waals surface area contributed by atoms with Gasteiger partial charge in [-0.2, -0.15) is 5.26 Å². The highest BCUT2D eigenvalue weighted by Crippen LogP contribution is 2.32. The summed E-state index contributed by atoms with van der Waals surface area (Å²) < 4.78 is 20.2. The molecule has 102 valence electrons. The summed E-state index contributed by atoms with van der Waals surface area (Å²) in [5, 5.41) is 11.8. The normalized spacial score (nSPS) is 9.95. The van der Waals surface area contributed by atoms with Gasteiger partial charge in [-0.1, -0.05) is 0 Å². The van der Waals surface area contributed by atoms with Crippen LogP contribution in [0.2, 0.25) is 0 Å². The molecule has 6 heteroatoms. The summed E-state index contributed by atoms with van der Waals surface area (Å²) in [6.07, 6.45) is 0. The fourth-order valence-electron chi connectivity index (χ4n) is 1.63. The molecule has 0 saturated carbocycles. The molecule has 0 aliphatic rings. The van der Waals surface area contributed by atoms with Crippen LogP contribution in [-0.4, -0.2) is 7.11 Å². The SMILES string of the molecule is COc1cc(Nc2ccc(C#N)c(Br)c2F)ccc1Br. The minimum atomic E-state index is -0.508. The topological polar surface area (TPSA) is 45.0 Å². The van der Waals surface area contributed by atoms with Crippen molar-refractivity contribution in [3.05, 3.63) is 50.7 Å². The molecular formula is C14H9Br2FN2O. The first-order valence-electron chi connectivity index (χ1n) is 5.55. The minimum absolute atomic E-state index is 0.147. The Bertz CT molecular complexity index is 698. The number of nitrogens with one attached hydrogen (secondary N) is 1. The summed E-state index contributed by atoms with van der Waals surface area (Å²) in [4.78, 5) is 0. The van der Waals surface area contributed by atoms with E-state index in [1.54, 1.807) is 31.4 Å². The lowest BCUT2D eigenvalue weighted by molar-refractivity contribution is 0.412. The number of anilines is 2. The molecule has 0 aliphatic heterocycles. The minimum Gasteiger partial charge on any atom is -0.495 e. The summed E-state index contributed by atoms with van der Waals surface area (Å²) in [5.74, 6) is 0.133. The van der Waals surface area contributed by atoms with Crippen LogP contribution in [0.4, 0.5) is 15.8 Å². The van der Waals surface area contributed by atoms with Crippen LogP contribution in [0.3, 0.4) is 0 Å². The first-order valence-corrected chi connectivity index (χ1v) is 7.14. The monoisotopic (exact) mass is 398 g/mol. The number of methoxy groups -OCH3 is 1. The van der Waals surface area contributed by atoms with Crippen LogP contribution in [0.25, 0.3) is 0 Å². The average molecular weight is 400 g/mol. The molecule has 0 atom stereocenters. The lowest BCUT2D eigenvalue weighted by Gasteiger charge is -2.11. The second kappa shape index (κ2) is 6.25. The van der Waals surface area contributed by atoms with E-state index >= 15 is 0 Å². The van der Waals surface area contributed by atoms with Crippen molar-refractivity contribution in [3.8, 4) is 11.8 Å². The van der Waals surface area contributed by atoms with E-state index in [4.69, 9.17) is 10.00 Å². The quantitative estimate of drug-likeness (QED) is 0.791. The van der Waals surface area contributed by atoms with E-state index in [2.05, 4.69) is 37.2 Å². The van der Waals surface area contributed by atoms with Crippen LogP contribution in [-0.2, 0) is 0 Å². The summed E-state index contributed by atoms with van der Waals surface area (Å²) in [6.45, 7) is 0. The fraction of sp³-hybridized carbons (Fsp3) is 0.0714. The highest BCUT2D eigenvalue weighted by atomic mass is 79.9. The molecular weight excluding hydrogens is 391 g/mol. The van der Waals surface area contributed by atoms with Gasteiger partial charge in [0.05, 0.1) is 27.3 Å². The zero-order chi connectivity index (χ0) is 14.7. The van der Waals surface area contributed by atoms with Crippen LogP contribution in [0.15, 0.2) is 39.3 Å². The van der Waals surface area contributed by atoms with E-state index in [0.717, 1.165) is 4.47 Å². The Labute approximate surface area is 132 Å². The predicted octanol–water partition coefficient (Wildman–Crippen LogP) is 4.97. The molecule has 0 amide bonds. The second-order valence-electron chi connectivity index (χ2n) is 3.87. The van der Waals surface area contributed by atoms with Crippen LogP contribution >= 0.6 is 31.9 Å². The molecule has 0 aromatic heterocycles. The van der Waals surface area contributed by atoms with Crippen LogP contribution in [0.1, 0.15) is 5.56 Å². The Morgan fingerprint density at radius 2 is 2.00 bits per heavy atom. The Hall–Kier alpha value is -1.58. The zero-order valence-electron chi connectivity index (χ0n) is 10.4. The average Bonchev–Trinajstić information content (AvgIpc) is 2.46. The van der Waals surface area contributed by atoms with Crippen molar-refractivity contribution in [2.45, 2.75) is 0 Å². The van der Waals surface area contributed by atoms with Gasteiger partial charge in [-0.25, -0.2) is 4.39 Å². The van der Waals surface area contributed by atoms with E-state index in [-0.39, 0.29) is 15.7 Å². The first-order chi connectivity index (χ1) is 9.56. The number of nitrogens with zero attached hydrogens (tertiary/aromatic N) is 1. The third-order valence-electron chi connectivity index (χ3n) is 2.63. The van der Waals surface area contributed by atoms with Gasteiger partial charge in [0.15, 0.2) is 5.82 Å². The van der Waals surface area contributed by atoms with Gasteiger partial charge in [0.2, 0.25) is 0 Å². The maximum absolute atomic E-state index is 14.1. The van der Waals surface area contributed by atoms with E-state index in [0.29, 0.717) is 11.4 Å².